The van der Waals surface area contributed by atoms with E-state index in [1.54, 1.807) is 0 Å². The molecule has 1 atom stereocenters. The number of likely N-dealkylation sites (tertiary alicyclic amines) is 2. The summed E-state index contributed by atoms with van der Waals surface area (Å²) in [5.41, 5.74) is 0. The summed E-state index contributed by atoms with van der Waals surface area (Å²) in [6.45, 7) is 6.28. The van der Waals surface area contributed by atoms with Crippen molar-refractivity contribution in [3.05, 3.63) is 0 Å². The molecule has 2 fully saturated rings. The molecule has 0 saturated carbocycles. The first kappa shape index (κ1) is 12.7. The monoisotopic (exact) mass is 239 g/mol. The molecule has 2 aliphatic heterocycles. The van der Waals surface area contributed by atoms with Crippen molar-refractivity contribution in [2.45, 2.75) is 38.6 Å². The van der Waals surface area contributed by atoms with Gasteiger partial charge >= 0.3 is 6.03 Å². The Morgan fingerprint density at radius 3 is 2.53 bits per heavy atom. The number of nitrogens with zero attached hydrogens (tertiary/aromatic N) is 2. The highest BCUT2D eigenvalue weighted by atomic mass is 16.2. The molecule has 0 aromatic heterocycles. The Kier molecular flexibility index (Phi) is 4.26. The van der Waals surface area contributed by atoms with E-state index in [4.69, 9.17) is 0 Å². The molecule has 4 heteroatoms. The first-order valence-corrected chi connectivity index (χ1v) is 6.89. The highest BCUT2D eigenvalue weighted by molar-refractivity contribution is 5.74. The van der Waals surface area contributed by atoms with Crippen LogP contribution < -0.4 is 5.32 Å². The fourth-order valence-corrected chi connectivity index (χ4v) is 2.76. The first-order chi connectivity index (χ1) is 8.15. The van der Waals surface area contributed by atoms with Gasteiger partial charge in [-0.1, -0.05) is 6.92 Å². The predicted octanol–water partition coefficient (Wildman–Crippen LogP) is 1.52. The standard InChI is InChI=1S/C13H25N3O/c1-11-5-8-16(9-6-11)13(17)14-12-4-3-7-15(2)10-12/h11-12H,3-10H2,1-2H3,(H,14,17). The average molecular weight is 239 g/mol. The van der Waals surface area contributed by atoms with Crippen LogP contribution in [0.2, 0.25) is 0 Å². The number of rotatable bonds is 1. The smallest absolute Gasteiger partial charge is 0.317 e. The minimum Gasteiger partial charge on any atom is -0.334 e. The number of carbonyl (C=O) groups is 1. The molecule has 1 unspecified atom stereocenters. The molecule has 0 spiro atoms. The van der Waals surface area contributed by atoms with E-state index in [0.717, 1.165) is 51.4 Å². The minimum absolute atomic E-state index is 0.150. The summed E-state index contributed by atoms with van der Waals surface area (Å²) >= 11 is 0. The zero-order chi connectivity index (χ0) is 12.3. The molecule has 2 heterocycles. The molecule has 4 nitrogen and oxygen atoms in total. The second-order valence-electron chi connectivity index (χ2n) is 5.72. The van der Waals surface area contributed by atoms with Crippen molar-refractivity contribution < 1.29 is 4.79 Å². The van der Waals surface area contributed by atoms with Crippen LogP contribution >= 0.6 is 0 Å². The van der Waals surface area contributed by atoms with Gasteiger partial charge in [0, 0.05) is 25.7 Å². The number of nitrogens with one attached hydrogen (secondary N) is 1. The Morgan fingerprint density at radius 1 is 1.18 bits per heavy atom. The van der Waals surface area contributed by atoms with Gasteiger partial charge in [0.15, 0.2) is 0 Å². The van der Waals surface area contributed by atoms with Crippen molar-refractivity contribution in [1.29, 1.82) is 0 Å². The molecule has 17 heavy (non-hydrogen) atoms. The van der Waals surface area contributed by atoms with Crippen molar-refractivity contribution >= 4 is 6.03 Å². The summed E-state index contributed by atoms with van der Waals surface area (Å²) in [5, 5.41) is 3.18. The number of hydrogen-bond donors (Lipinski definition) is 1. The van der Waals surface area contributed by atoms with Crippen molar-refractivity contribution in [3.63, 3.8) is 0 Å². The van der Waals surface area contributed by atoms with Crippen LogP contribution in [0, 0.1) is 5.92 Å². The maximum absolute atomic E-state index is 12.1. The van der Waals surface area contributed by atoms with Crippen molar-refractivity contribution in [1.82, 2.24) is 15.1 Å². The van der Waals surface area contributed by atoms with E-state index in [1.807, 2.05) is 4.90 Å². The van der Waals surface area contributed by atoms with Gasteiger partial charge in [0.05, 0.1) is 0 Å². The third kappa shape index (κ3) is 3.60. The van der Waals surface area contributed by atoms with Gasteiger partial charge in [-0.3, -0.25) is 0 Å². The Balaban J connectivity index is 1.76. The average Bonchev–Trinajstić information content (AvgIpc) is 2.29. The van der Waals surface area contributed by atoms with Crippen LogP contribution in [-0.4, -0.2) is 55.1 Å². The molecule has 0 radical (unpaired) electrons. The van der Waals surface area contributed by atoms with Crippen LogP contribution in [0.5, 0.6) is 0 Å². The molecule has 98 valence electrons. The molecule has 2 amide bonds. The number of carbonyl (C=O) groups excluding carboxylic acids is 1. The van der Waals surface area contributed by atoms with E-state index >= 15 is 0 Å². The highest BCUT2D eigenvalue weighted by Gasteiger charge is 2.24. The van der Waals surface area contributed by atoms with E-state index in [9.17, 15) is 4.79 Å². The summed E-state index contributed by atoms with van der Waals surface area (Å²) in [5.74, 6) is 0.778. The third-order valence-electron chi connectivity index (χ3n) is 4.02. The summed E-state index contributed by atoms with van der Waals surface area (Å²) in [7, 11) is 2.13. The van der Waals surface area contributed by atoms with Crippen LogP contribution in [0.15, 0.2) is 0 Å². The minimum atomic E-state index is 0.150. The molecular formula is C13H25N3O. The first-order valence-electron chi connectivity index (χ1n) is 6.89. The Morgan fingerprint density at radius 2 is 1.88 bits per heavy atom. The van der Waals surface area contributed by atoms with Crippen molar-refractivity contribution in [3.8, 4) is 0 Å². The van der Waals surface area contributed by atoms with Crippen LogP contribution in [-0.2, 0) is 0 Å². The summed E-state index contributed by atoms with van der Waals surface area (Å²) < 4.78 is 0. The van der Waals surface area contributed by atoms with E-state index in [0.29, 0.717) is 6.04 Å². The largest absolute Gasteiger partial charge is 0.334 e. The third-order valence-corrected chi connectivity index (χ3v) is 4.02. The van der Waals surface area contributed by atoms with Crippen LogP contribution in [0.3, 0.4) is 0 Å². The lowest BCUT2D eigenvalue weighted by Gasteiger charge is -2.34. The number of amides is 2. The normalized spacial score (nSPS) is 28.1. The lowest BCUT2D eigenvalue weighted by molar-refractivity contribution is 0.160. The number of piperidine rings is 2. The lowest BCUT2D eigenvalue weighted by atomic mass is 9.99. The second-order valence-corrected chi connectivity index (χ2v) is 5.72. The van der Waals surface area contributed by atoms with Gasteiger partial charge in [-0.25, -0.2) is 4.79 Å². The Bertz CT molecular complexity index is 261. The van der Waals surface area contributed by atoms with Gasteiger partial charge in [0.25, 0.3) is 0 Å². The topological polar surface area (TPSA) is 35.6 Å². The maximum Gasteiger partial charge on any atom is 0.317 e. The number of hydrogen-bond acceptors (Lipinski definition) is 2. The fraction of sp³-hybridized carbons (Fsp3) is 0.923. The van der Waals surface area contributed by atoms with Gasteiger partial charge in [0.2, 0.25) is 0 Å². The molecule has 0 aliphatic carbocycles. The highest BCUT2D eigenvalue weighted by Crippen LogP contribution is 2.16. The summed E-state index contributed by atoms with van der Waals surface area (Å²) in [4.78, 5) is 16.4. The van der Waals surface area contributed by atoms with Gasteiger partial charge in [-0.15, -0.1) is 0 Å². The quantitative estimate of drug-likeness (QED) is 0.753. The van der Waals surface area contributed by atoms with Crippen LogP contribution in [0.1, 0.15) is 32.6 Å². The molecular weight excluding hydrogens is 214 g/mol. The molecule has 2 saturated heterocycles. The second kappa shape index (κ2) is 5.71. The molecule has 1 N–H and O–H groups in total. The van der Waals surface area contributed by atoms with Gasteiger partial charge in [-0.05, 0) is 45.2 Å². The molecule has 2 aliphatic rings. The van der Waals surface area contributed by atoms with E-state index in [-0.39, 0.29) is 6.03 Å². The molecule has 0 aromatic carbocycles. The van der Waals surface area contributed by atoms with E-state index in [1.165, 1.54) is 6.42 Å². The van der Waals surface area contributed by atoms with E-state index in [2.05, 4.69) is 24.2 Å². The maximum atomic E-state index is 12.1. The van der Waals surface area contributed by atoms with Crippen LogP contribution in [0.25, 0.3) is 0 Å². The van der Waals surface area contributed by atoms with Crippen LogP contribution in [0.4, 0.5) is 4.79 Å². The van der Waals surface area contributed by atoms with Gasteiger partial charge in [-0.2, -0.15) is 0 Å². The molecule has 2 rings (SSSR count). The SMILES string of the molecule is CC1CCN(C(=O)NC2CCCN(C)C2)CC1. The van der Waals surface area contributed by atoms with Crippen molar-refractivity contribution in [2.75, 3.05) is 33.2 Å². The lowest BCUT2D eigenvalue weighted by Crippen LogP contribution is -2.52. The number of likely N-dealkylation sites (N-methyl/N-ethyl adjacent to an activating group) is 1. The number of urea groups is 1. The van der Waals surface area contributed by atoms with E-state index < -0.39 is 0 Å². The zero-order valence-corrected chi connectivity index (χ0v) is 11.1. The molecule has 0 bridgehead atoms. The van der Waals surface area contributed by atoms with Gasteiger partial charge < -0.3 is 15.1 Å². The summed E-state index contributed by atoms with van der Waals surface area (Å²) in [6, 6.07) is 0.498. The van der Waals surface area contributed by atoms with Crippen molar-refractivity contribution in [2.24, 2.45) is 5.92 Å². The molecule has 0 aromatic rings. The Labute approximate surface area is 104 Å². The predicted molar refractivity (Wildman–Crippen MR) is 69.0 cm³/mol. The Hall–Kier alpha value is -0.770. The van der Waals surface area contributed by atoms with Gasteiger partial charge in [0.1, 0.15) is 0 Å². The zero-order valence-electron chi connectivity index (χ0n) is 11.1. The fourth-order valence-electron chi connectivity index (χ4n) is 2.76. The summed E-state index contributed by atoms with van der Waals surface area (Å²) in [6.07, 6.45) is 4.62.